The predicted molar refractivity (Wildman–Crippen MR) is 56.1 cm³/mol. The van der Waals surface area contributed by atoms with Crippen molar-refractivity contribution in [2.75, 3.05) is 13.2 Å². The van der Waals surface area contributed by atoms with Crippen LogP contribution in [0.4, 0.5) is 0 Å². The zero-order valence-corrected chi connectivity index (χ0v) is 9.13. The van der Waals surface area contributed by atoms with Crippen LogP contribution in [0, 0.1) is 0 Å². The molecule has 15 heavy (non-hydrogen) atoms. The van der Waals surface area contributed by atoms with E-state index < -0.39 is 0 Å². The van der Waals surface area contributed by atoms with E-state index in [-0.39, 0.29) is 6.61 Å². The number of aromatic nitrogens is 3. The molecular formula is C10H18N4O. The van der Waals surface area contributed by atoms with E-state index in [4.69, 9.17) is 0 Å². The van der Waals surface area contributed by atoms with E-state index in [1.54, 1.807) is 6.33 Å². The molecule has 0 aliphatic carbocycles. The molecule has 0 radical (unpaired) electrons. The van der Waals surface area contributed by atoms with Crippen molar-refractivity contribution in [1.82, 2.24) is 19.7 Å². The summed E-state index contributed by atoms with van der Waals surface area (Å²) in [5.74, 6) is 0.968. The second-order valence-corrected chi connectivity index (χ2v) is 4.16. The van der Waals surface area contributed by atoms with Crippen molar-refractivity contribution in [1.29, 1.82) is 0 Å². The number of aryl methyl sites for hydroxylation is 1. The topological polar surface area (TPSA) is 54.2 Å². The Hall–Kier alpha value is -0.940. The maximum atomic E-state index is 9.27. The van der Waals surface area contributed by atoms with Crippen molar-refractivity contribution in [3.63, 3.8) is 0 Å². The number of aliphatic hydroxyl groups is 1. The number of hydrogen-bond acceptors (Lipinski definition) is 4. The largest absolute Gasteiger partial charge is 0.395 e. The van der Waals surface area contributed by atoms with Crippen molar-refractivity contribution in [3.8, 4) is 0 Å². The molecule has 1 unspecified atom stereocenters. The molecule has 0 bridgehead atoms. The van der Waals surface area contributed by atoms with Gasteiger partial charge in [0, 0.05) is 13.1 Å². The van der Waals surface area contributed by atoms with Gasteiger partial charge in [0.1, 0.15) is 12.2 Å². The lowest BCUT2D eigenvalue weighted by molar-refractivity contribution is 0.0811. The van der Waals surface area contributed by atoms with Crippen molar-refractivity contribution >= 4 is 0 Å². The second-order valence-electron chi connectivity index (χ2n) is 4.16. The Morgan fingerprint density at radius 3 is 3.07 bits per heavy atom. The smallest absolute Gasteiger partial charge is 0.146 e. The summed E-state index contributed by atoms with van der Waals surface area (Å²) in [5, 5.41) is 17.2. The highest BCUT2D eigenvalue weighted by molar-refractivity contribution is 4.87. The molecule has 1 aromatic rings. The van der Waals surface area contributed by atoms with Gasteiger partial charge in [0.05, 0.1) is 13.2 Å². The zero-order chi connectivity index (χ0) is 10.7. The molecule has 84 valence electrons. The molecule has 1 fully saturated rings. The molecule has 1 saturated heterocycles. The van der Waals surface area contributed by atoms with Gasteiger partial charge in [-0.1, -0.05) is 6.42 Å². The highest BCUT2D eigenvalue weighted by Crippen LogP contribution is 2.18. The molecular weight excluding hydrogens is 192 g/mol. The van der Waals surface area contributed by atoms with Gasteiger partial charge < -0.3 is 9.67 Å². The zero-order valence-electron chi connectivity index (χ0n) is 9.13. The molecule has 1 N–H and O–H groups in total. The van der Waals surface area contributed by atoms with E-state index >= 15 is 0 Å². The molecule has 1 aliphatic heterocycles. The highest BCUT2D eigenvalue weighted by Gasteiger charge is 2.22. The molecule has 0 aromatic carbocycles. The van der Waals surface area contributed by atoms with Crippen molar-refractivity contribution in [2.45, 2.75) is 31.8 Å². The molecule has 0 saturated carbocycles. The minimum Gasteiger partial charge on any atom is -0.395 e. The van der Waals surface area contributed by atoms with E-state index in [9.17, 15) is 5.11 Å². The van der Waals surface area contributed by atoms with E-state index in [0.717, 1.165) is 25.3 Å². The first-order valence-electron chi connectivity index (χ1n) is 5.49. The molecule has 2 rings (SSSR count). The minimum absolute atomic E-state index is 0.248. The molecule has 1 aromatic heterocycles. The van der Waals surface area contributed by atoms with Gasteiger partial charge in [-0.3, -0.25) is 4.90 Å². The van der Waals surface area contributed by atoms with Gasteiger partial charge in [-0.05, 0) is 19.4 Å². The fraction of sp³-hybridized carbons (Fsp3) is 0.800. The van der Waals surface area contributed by atoms with Crippen LogP contribution in [0.15, 0.2) is 6.33 Å². The van der Waals surface area contributed by atoms with Gasteiger partial charge >= 0.3 is 0 Å². The molecule has 1 atom stereocenters. The van der Waals surface area contributed by atoms with Crippen LogP contribution < -0.4 is 0 Å². The highest BCUT2D eigenvalue weighted by atomic mass is 16.3. The number of piperidine rings is 1. The maximum absolute atomic E-state index is 9.27. The van der Waals surface area contributed by atoms with E-state index in [1.807, 2.05) is 11.6 Å². The monoisotopic (exact) mass is 210 g/mol. The van der Waals surface area contributed by atoms with E-state index in [0.29, 0.717) is 6.04 Å². The van der Waals surface area contributed by atoms with Gasteiger partial charge in [-0.25, -0.2) is 0 Å². The molecule has 0 spiro atoms. The molecule has 1 aliphatic rings. The summed E-state index contributed by atoms with van der Waals surface area (Å²) in [6.45, 7) is 2.09. The lowest BCUT2D eigenvalue weighted by Gasteiger charge is -2.33. The van der Waals surface area contributed by atoms with Crippen LogP contribution >= 0.6 is 0 Å². The normalized spacial score (nSPS) is 23.2. The SMILES string of the molecule is Cn1cnnc1CN1CCCCC1CO. The average molecular weight is 210 g/mol. The van der Waals surface area contributed by atoms with Crippen LogP contribution in [-0.4, -0.2) is 44.0 Å². The lowest BCUT2D eigenvalue weighted by Crippen LogP contribution is -2.41. The van der Waals surface area contributed by atoms with Gasteiger partial charge in [-0.2, -0.15) is 0 Å². The van der Waals surface area contributed by atoms with Crippen molar-refractivity contribution < 1.29 is 5.11 Å². The third-order valence-corrected chi connectivity index (χ3v) is 3.11. The van der Waals surface area contributed by atoms with Crippen LogP contribution in [0.2, 0.25) is 0 Å². The predicted octanol–water partition coefficient (Wildman–Crippen LogP) is 0.162. The molecule has 5 nitrogen and oxygen atoms in total. The lowest BCUT2D eigenvalue weighted by atomic mass is 10.0. The van der Waals surface area contributed by atoms with Gasteiger partial charge in [0.25, 0.3) is 0 Å². The quantitative estimate of drug-likeness (QED) is 0.772. The summed E-state index contributed by atoms with van der Waals surface area (Å²) in [6, 6.07) is 0.301. The number of nitrogens with zero attached hydrogens (tertiary/aromatic N) is 4. The van der Waals surface area contributed by atoms with Crippen LogP contribution in [0.25, 0.3) is 0 Å². The van der Waals surface area contributed by atoms with Crippen LogP contribution in [-0.2, 0) is 13.6 Å². The standard InChI is InChI=1S/C10H18N4O/c1-13-8-11-12-10(13)6-14-5-3-2-4-9(14)7-15/h8-9,15H,2-7H2,1H3. The minimum atomic E-state index is 0.248. The first kappa shape index (κ1) is 10.6. The van der Waals surface area contributed by atoms with Gasteiger partial charge in [0.2, 0.25) is 0 Å². The number of hydrogen-bond donors (Lipinski definition) is 1. The van der Waals surface area contributed by atoms with Crippen LogP contribution in [0.5, 0.6) is 0 Å². The summed E-state index contributed by atoms with van der Waals surface area (Å²) in [6.07, 6.45) is 5.25. The Kier molecular flexibility index (Phi) is 3.33. The molecule has 5 heteroatoms. The third kappa shape index (κ3) is 2.35. The third-order valence-electron chi connectivity index (χ3n) is 3.11. The first-order valence-corrected chi connectivity index (χ1v) is 5.49. The Morgan fingerprint density at radius 2 is 2.40 bits per heavy atom. The Labute approximate surface area is 89.7 Å². The number of rotatable bonds is 3. The van der Waals surface area contributed by atoms with Crippen LogP contribution in [0.3, 0.4) is 0 Å². The van der Waals surface area contributed by atoms with Crippen molar-refractivity contribution in [3.05, 3.63) is 12.2 Å². The Balaban J connectivity index is 2.00. The summed E-state index contributed by atoms with van der Waals surface area (Å²) in [4.78, 5) is 2.30. The molecule has 2 heterocycles. The average Bonchev–Trinajstić information content (AvgIpc) is 2.65. The number of likely N-dealkylation sites (tertiary alicyclic amines) is 1. The fourth-order valence-corrected chi connectivity index (χ4v) is 2.11. The first-order chi connectivity index (χ1) is 7.31. The van der Waals surface area contributed by atoms with Gasteiger partial charge in [-0.15, -0.1) is 10.2 Å². The summed E-state index contributed by atoms with van der Waals surface area (Å²) < 4.78 is 1.93. The van der Waals surface area contributed by atoms with Gasteiger partial charge in [0.15, 0.2) is 0 Å². The Morgan fingerprint density at radius 1 is 1.53 bits per heavy atom. The summed E-state index contributed by atoms with van der Waals surface area (Å²) in [7, 11) is 1.95. The van der Waals surface area contributed by atoms with Crippen molar-refractivity contribution in [2.24, 2.45) is 7.05 Å². The maximum Gasteiger partial charge on any atom is 0.146 e. The van der Waals surface area contributed by atoms with E-state index in [2.05, 4.69) is 15.1 Å². The molecule has 0 amide bonds. The van der Waals surface area contributed by atoms with Crippen LogP contribution in [0.1, 0.15) is 25.1 Å². The summed E-state index contributed by atoms with van der Waals surface area (Å²) in [5.41, 5.74) is 0. The fourth-order valence-electron chi connectivity index (χ4n) is 2.11. The number of aliphatic hydroxyl groups excluding tert-OH is 1. The summed E-state index contributed by atoms with van der Waals surface area (Å²) >= 11 is 0. The Bertz CT molecular complexity index is 312. The van der Waals surface area contributed by atoms with E-state index in [1.165, 1.54) is 12.8 Å². The second kappa shape index (κ2) is 4.72.